The largest absolute Gasteiger partial charge is 0.341 e. The number of alkyl halides is 1. The lowest BCUT2D eigenvalue weighted by Gasteiger charge is -2.28. The number of rotatable bonds is 1. The maximum Gasteiger partial charge on any atom is 0.238 e. The molecule has 0 aliphatic carbocycles. The summed E-state index contributed by atoms with van der Waals surface area (Å²) in [6, 6.07) is 0. The Morgan fingerprint density at radius 3 is 2.13 bits per heavy atom. The third kappa shape index (κ3) is 3.20. The molecule has 0 saturated carbocycles. The number of hydrogen-bond donors (Lipinski definition) is 0. The van der Waals surface area contributed by atoms with Gasteiger partial charge < -0.3 is 4.90 Å². The van der Waals surface area contributed by atoms with Crippen LogP contribution in [-0.2, 0) is 4.79 Å². The van der Waals surface area contributed by atoms with Gasteiger partial charge in [0.1, 0.15) is 0 Å². The van der Waals surface area contributed by atoms with Crippen LogP contribution >= 0.6 is 15.9 Å². The highest BCUT2D eigenvalue weighted by Crippen LogP contribution is 2.35. The first kappa shape index (κ1) is 13.0. The fourth-order valence-corrected chi connectivity index (χ4v) is 2.28. The van der Waals surface area contributed by atoms with E-state index in [0.717, 1.165) is 19.5 Å². The minimum Gasteiger partial charge on any atom is -0.341 e. The number of amides is 1. The van der Waals surface area contributed by atoms with E-state index >= 15 is 0 Å². The van der Waals surface area contributed by atoms with Gasteiger partial charge in [0.25, 0.3) is 0 Å². The van der Waals surface area contributed by atoms with Gasteiger partial charge in [-0.3, -0.25) is 4.79 Å². The average Bonchev–Trinajstić information content (AvgIpc) is 2.47. The molecule has 1 aliphatic heterocycles. The first-order valence-electron chi connectivity index (χ1n) is 5.60. The molecule has 3 heteroatoms. The maximum absolute atomic E-state index is 12.0. The van der Waals surface area contributed by atoms with E-state index in [9.17, 15) is 4.79 Å². The van der Waals surface area contributed by atoms with Crippen molar-refractivity contribution in [2.75, 3.05) is 13.1 Å². The van der Waals surface area contributed by atoms with Crippen LogP contribution in [0.2, 0.25) is 0 Å². The van der Waals surface area contributed by atoms with E-state index in [1.165, 1.54) is 0 Å². The molecule has 2 nitrogen and oxygen atoms in total. The Hall–Kier alpha value is -0.0500. The first-order valence-corrected chi connectivity index (χ1v) is 6.40. The molecule has 15 heavy (non-hydrogen) atoms. The van der Waals surface area contributed by atoms with Crippen LogP contribution in [0.4, 0.5) is 0 Å². The van der Waals surface area contributed by atoms with Crippen molar-refractivity contribution in [1.82, 2.24) is 4.90 Å². The van der Waals surface area contributed by atoms with Crippen LogP contribution < -0.4 is 0 Å². The van der Waals surface area contributed by atoms with Crippen LogP contribution in [0.15, 0.2) is 0 Å². The normalized spacial score (nSPS) is 23.3. The Balaban J connectivity index is 2.62. The SMILES string of the molecule is CC(C)(Br)C(=O)N1CCC(C(C)(C)C)C1. The summed E-state index contributed by atoms with van der Waals surface area (Å²) in [4.78, 5) is 14.0. The summed E-state index contributed by atoms with van der Waals surface area (Å²) in [5.74, 6) is 0.852. The predicted octanol–water partition coefficient (Wildman–Crippen LogP) is 3.05. The number of likely N-dealkylation sites (tertiary alicyclic amines) is 1. The summed E-state index contributed by atoms with van der Waals surface area (Å²) in [6.45, 7) is 12.4. The quantitative estimate of drug-likeness (QED) is 0.674. The zero-order chi connectivity index (χ0) is 11.9. The van der Waals surface area contributed by atoms with E-state index in [2.05, 4.69) is 36.7 Å². The second kappa shape index (κ2) is 4.08. The van der Waals surface area contributed by atoms with E-state index in [1.54, 1.807) is 0 Å². The molecule has 1 fully saturated rings. The summed E-state index contributed by atoms with van der Waals surface area (Å²) in [5, 5.41) is 0. The smallest absolute Gasteiger partial charge is 0.238 e. The standard InChI is InChI=1S/C12H22BrNO/c1-11(2,3)9-6-7-14(8-9)10(15)12(4,5)13/h9H,6-8H2,1-5H3. The van der Waals surface area contributed by atoms with Crippen LogP contribution in [0.3, 0.4) is 0 Å². The van der Waals surface area contributed by atoms with Crippen molar-refractivity contribution in [3.8, 4) is 0 Å². The Morgan fingerprint density at radius 2 is 1.80 bits per heavy atom. The van der Waals surface area contributed by atoms with E-state index in [-0.39, 0.29) is 5.91 Å². The average molecular weight is 276 g/mol. The minimum atomic E-state index is -0.417. The zero-order valence-corrected chi connectivity index (χ0v) is 12.0. The first-order chi connectivity index (χ1) is 6.62. The molecule has 0 bridgehead atoms. The van der Waals surface area contributed by atoms with Gasteiger partial charge in [-0.15, -0.1) is 0 Å². The van der Waals surface area contributed by atoms with Crippen molar-refractivity contribution >= 4 is 21.8 Å². The summed E-state index contributed by atoms with van der Waals surface area (Å²) in [6.07, 6.45) is 1.14. The molecule has 1 atom stereocenters. The molecule has 1 heterocycles. The van der Waals surface area contributed by atoms with Crippen molar-refractivity contribution < 1.29 is 4.79 Å². The van der Waals surface area contributed by atoms with E-state index in [0.29, 0.717) is 11.3 Å². The van der Waals surface area contributed by atoms with Crippen molar-refractivity contribution in [3.05, 3.63) is 0 Å². The van der Waals surface area contributed by atoms with Gasteiger partial charge in [0, 0.05) is 13.1 Å². The lowest BCUT2D eigenvalue weighted by atomic mass is 9.80. The Bertz CT molecular complexity index is 249. The molecule has 1 saturated heterocycles. The van der Waals surface area contributed by atoms with E-state index in [1.807, 2.05) is 18.7 Å². The van der Waals surface area contributed by atoms with Gasteiger partial charge in [-0.1, -0.05) is 36.7 Å². The summed E-state index contributed by atoms with van der Waals surface area (Å²) in [7, 11) is 0. The van der Waals surface area contributed by atoms with Crippen molar-refractivity contribution in [2.45, 2.75) is 45.4 Å². The fraction of sp³-hybridized carbons (Fsp3) is 0.917. The minimum absolute atomic E-state index is 0.217. The molecule has 0 spiro atoms. The summed E-state index contributed by atoms with van der Waals surface area (Å²) in [5.41, 5.74) is 0.311. The second-order valence-electron chi connectivity index (χ2n) is 6.08. The molecular weight excluding hydrogens is 254 g/mol. The van der Waals surface area contributed by atoms with Crippen LogP contribution in [0.5, 0.6) is 0 Å². The van der Waals surface area contributed by atoms with Crippen LogP contribution in [-0.4, -0.2) is 28.2 Å². The van der Waals surface area contributed by atoms with Gasteiger partial charge in [-0.05, 0) is 31.6 Å². The Morgan fingerprint density at radius 1 is 1.27 bits per heavy atom. The van der Waals surface area contributed by atoms with E-state index in [4.69, 9.17) is 0 Å². The molecule has 1 amide bonds. The van der Waals surface area contributed by atoms with Crippen LogP contribution in [0.1, 0.15) is 41.0 Å². The highest BCUT2D eigenvalue weighted by molar-refractivity contribution is 9.10. The van der Waals surface area contributed by atoms with Gasteiger partial charge in [0.05, 0.1) is 4.32 Å². The lowest BCUT2D eigenvalue weighted by Crippen LogP contribution is -2.40. The lowest BCUT2D eigenvalue weighted by molar-refractivity contribution is -0.131. The molecule has 0 aromatic carbocycles. The fourth-order valence-electron chi connectivity index (χ4n) is 2.03. The van der Waals surface area contributed by atoms with Crippen molar-refractivity contribution in [3.63, 3.8) is 0 Å². The van der Waals surface area contributed by atoms with E-state index < -0.39 is 4.32 Å². The summed E-state index contributed by atoms with van der Waals surface area (Å²) >= 11 is 3.43. The third-order valence-electron chi connectivity index (χ3n) is 3.21. The van der Waals surface area contributed by atoms with Gasteiger partial charge in [0.15, 0.2) is 0 Å². The topological polar surface area (TPSA) is 20.3 Å². The molecule has 0 N–H and O–H groups in total. The van der Waals surface area contributed by atoms with Gasteiger partial charge in [0.2, 0.25) is 5.91 Å². The Kier molecular flexibility index (Phi) is 3.54. The molecule has 88 valence electrons. The van der Waals surface area contributed by atoms with Gasteiger partial charge in [-0.25, -0.2) is 0 Å². The number of nitrogens with zero attached hydrogens (tertiary/aromatic N) is 1. The number of carbonyl (C=O) groups is 1. The number of carbonyl (C=O) groups excluding carboxylic acids is 1. The molecule has 1 rings (SSSR count). The number of hydrogen-bond acceptors (Lipinski definition) is 1. The molecule has 0 aromatic rings. The molecule has 0 aromatic heterocycles. The molecule has 1 aliphatic rings. The molecule has 1 unspecified atom stereocenters. The van der Waals surface area contributed by atoms with Gasteiger partial charge in [-0.2, -0.15) is 0 Å². The maximum atomic E-state index is 12.0. The monoisotopic (exact) mass is 275 g/mol. The van der Waals surface area contributed by atoms with Crippen LogP contribution in [0, 0.1) is 11.3 Å². The zero-order valence-electron chi connectivity index (χ0n) is 10.4. The molecule has 0 radical (unpaired) electrons. The Labute approximate surface area is 102 Å². The highest BCUT2D eigenvalue weighted by atomic mass is 79.9. The third-order valence-corrected chi connectivity index (χ3v) is 3.55. The predicted molar refractivity (Wildman–Crippen MR) is 67.1 cm³/mol. The second-order valence-corrected chi connectivity index (χ2v) is 8.06. The highest BCUT2D eigenvalue weighted by Gasteiger charge is 2.37. The molecular formula is C12H22BrNO. The summed E-state index contributed by atoms with van der Waals surface area (Å²) < 4.78 is -0.417. The van der Waals surface area contributed by atoms with Crippen molar-refractivity contribution in [1.29, 1.82) is 0 Å². The van der Waals surface area contributed by atoms with Crippen LogP contribution in [0.25, 0.3) is 0 Å². The van der Waals surface area contributed by atoms with Crippen molar-refractivity contribution in [2.24, 2.45) is 11.3 Å². The number of halogens is 1. The van der Waals surface area contributed by atoms with Gasteiger partial charge >= 0.3 is 0 Å².